The van der Waals surface area contributed by atoms with Gasteiger partial charge in [-0.25, -0.2) is 0 Å². The van der Waals surface area contributed by atoms with Crippen LogP contribution in [-0.4, -0.2) is 21.1 Å². The Kier molecular flexibility index (Phi) is 5.92. The molecule has 3 aromatic carbocycles. The molecule has 0 radical (unpaired) electrons. The maximum Gasteiger partial charge on any atom is 0.285 e. The van der Waals surface area contributed by atoms with Gasteiger partial charge in [0.1, 0.15) is 11.5 Å². The van der Waals surface area contributed by atoms with E-state index in [0.717, 1.165) is 28.1 Å². The number of benzene rings is 3. The molecule has 0 spiro atoms. The highest BCUT2D eigenvalue weighted by Crippen LogP contribution is 2.32. The van der Waals surface area contributed by atoms with Crippen molar-refractivity contribution >= 4 is 46.2 Å². The van der Waals surface area contributed by atoms with Gasteiger partial charge in [-0.2, -0.15) is 5.01 Å². The Morgan fingerprint density at radius 2 is 1.60 bits per heavy atom. The van der Waals surface area contributed by atoms with E-state index in [-0.39, 0.29) is 10.2 Å². The van der Waals surface area contributed by atoms with Crippen molar-refractivity contribution in [2.24, 2.45) is 0 Å². The summed E-state index contributed by atoms with van der Waals surface area (Å²) in [7, 11) is 0. The summed E-state index contributed by atoms with van der Waals surface area (Å²) < 4.78 is 6.11. The Hall–Kier alpha value is -3.42. The van der Waals surface area contributed by atoms with E-state index in [4.69, 9.17) is 17.0 Å². The Morgan fingerprint density at radius 1 is 0.933 bits per heavy atom. The van der Waals surface area contributed by atoms with E-state index >= 15 is 0 Å². The number of carbonyl (C=O) groups is 2. The second kappa shape index (κ2) is 8.94. The van der Waals surface area contributed by atoms with Crippen molar-refractivity contribution in [1.82, 2.24) is 10.4 Å². The number of hydrazine groups is 1. The molecule has 0 saturated carbocycles. The van der Waals surface area contributed by atoms with Gasteiger partial charge in [0.25, 0.3) is 11.8 Å². The minimum absolute atomic E-state index is 0.271. The number of thiocarbonyl (C=S) groups is 1. The summed E-state index contributed by atoms with van der Waals surface area (Å²) in [5.74, 6) is 0.613. The predicted octanol–water partition coefficient (Wildman–Crippen LogP) is 5.03. The number of nitrogens with one attached hydrogen (secondary N) is 1. The fourth-order valence-electron chi connectivity index (χ4n) is 2.76. The summed E-state index contributed by atoms with van der Waals surface area (Å²) in [6, 6.07) is 25.5. The van der Waals surface area contributed by atoms with Crippen LogP contribution in [0.2, 0.25) is 0 Å². The van der Waals surface area contributed by atoms with Crippen LogP contribution in [0.15, 0.2) is 89.8 Å². The first kappa shape index (κ1) is 19.9. The van der Waals surface area contributed by atoms with Crippen LogP contribution in [0, 0.1) is 0 Å². The van der Waals surface area contributed by atoms with Gasteiger partial charge < -0.3 is 4.74 Å². The smallest absolute Gasteiger partial charge is 0.285 e. The summed E-state index contributed by atoms with van der Waals surface area (Å²) in [6.07, 6.45) is 1.73. The second-order valence-electron chi connectivity index (χ2n) is 6.31. The van der Waals surface area contributed by atoms with Crippen molar-refractivity contribution in [2.75, 3.05) is 0 Å². The SMILES string of the molecule is O=C(NN1C(=O)C(=Cc2cccc(Oc3ccccc3)c2)SC1=S)c1ccccc1. The fourth-order valence-corrected chi connectivity index (χ4v) is 3.94. The lowest BCUT2D eigenvalue weighted by Gasteiger charge is -2.15. The van der Waals surface area contributed by atoms with Crippen LogP contribution >= 0.6 is 24.0 Å². The van der Waals surface area contributed by atoms with Crippen molar-refractivity contribution in [3.05, 3.63) is 101 Å². The van der Waals surface area contributed by atoms with Crippen LogP contribution in [0.3, 0.4) is 0 Å². The van der Waals surface area contributed by atoms with Gasteiger partial charge in [0.2, 0.25) is 0 Å². The van der Waals surface area contributed by atoms with Crippen molar-refractivity contribution in [3.63, 3.8) is 0 Å². The number of amides is 2. The van der Waals surface area contributed by atoms with E-state index < -0.39 is 5.91 Å². The third-order valence-electron chi connectivity index (χ3n) is 4.18. The normalized spacial score (nSPS) is 14.8. The largest absolute Gasteiger partial charge is 0.457 e. The number of carbonyl (C=O) groups excluding carboxylic acids is 2. The standard InChI is InChI=1S/C23H16N2O3S2/c26-21(17-9-3-1-4-10-17)24-25-22(27)20(30-23(25)29)15-16-8-7-13-19(14-16)28-18-11-5-2-6-12-18/h1-15H,(H,24,26). The first-order valence-electron chi connectivity index (χ1n) is 9.07. The third-order valence-corrected chi connectivity index (χ3v) is 5.48. The van der Waals surface area contributed by atoms with Crippen LogP contribution in [0.4, 0.5) is 0 Å². The average Bonchev–Trinajstić information content (AvgIpc) is 3.02. The van der Waals surface area contributed by atoms with Crippen molar-refractivity contribution in [2.45, 2.75) is 0 Å². The van der Waals surface area contributed by atoms with Crippen LogP contribution < -0.4 is 10.2 Å². The molecular formula is C23H16N2O3S2. The molecule has 0 aromatic heterocycles. The van der Waals surface area contributed by atoms with Gasteiger partial charge in [0.15, 0.2) is 4.32 Å². The molecule has 1 saturated heterocycles. The Labute approximate surface area is 183 Å². The summed E-state index contributed by atoms with van der Waals surface area (Å²) in [5, 5.41) is 1.10. The molecule has 148 valence electrons. The van der Waals surface area contributed by atoms with Crippen molar-refractivity contribution in [1.29, 1.82) is 0 Å². The second-order valence-corrected chi connectivity index (χ2v) is 7.99. The number of hydrogen-bond acceptors (Lipinski definition) is 5. The lowest BCUT2D eigenvalue weighted by atomic mass is 10.2. The Bertz CT molecular complexity index is 1130. The molecule has 1 N–H and O–H groups in total. The number of hydrogen-bond donors (Lipinski definition) is 1. The number of para-hydroxylation sites is 1. The molecular weight excluding hydrogens is 416 g/mol. The van der Waals surface area contributed by atoms with E-state index in [1.54, 1.807) is 30.3 Å². The van der Waals surface area contributed by atoms with Gasteiger partial charge >= 0.3 is 0 Å². The van der Waals surface area contributed by atoms with Gasteiger partial charge in [0.05, 0.1) is 4.91 Å². The highest BCUT2D eigenvalue weighted by Gasteiger charge is 2.33. The predicted molar refractivity (Wildman–Crippen MR) is 122 cm³/mol. The topological polar surface area (TPSA) is 58.6 Å². The first-order valence-corrected chi connectivity index (χ1v) is 10.3. The first-order chi connectivity index (χ1) is 14.6. The molecule has 5 nitrogen and oxygen atoms in total. The minimum atomic E-state index is -0.397. The number of ether oxygens (including phenoxy) is 1. The zero-order valence-electron chi connectivity index (χ0n) is 15.6. The van der Waals surface area contributed by atoms with Crippen molar-refractivity contribution in [3.8, 4) is 11.5 Å². The van der Waals surface area contributed by atoms with Gasteiger partial charge in [-0.15, -0.1) is 0 Å². The fraction of sp³-hybridized carbons (Fsp3) is 0. The molecule has 0 aliphatic carbocycles. The quantitative estimate of drug-likeness (QED) is 0.453. The lowest BCUT2D eigenvalue weighted by Crippen LogP contribution is -2.44. The van der Waals surface area contributed by atoms with Crippen LogP contribution in [0.5, 0.6) is 11.5 Å². The monoisotopic (exact) mass is 432 g/mol. The third kappa shape index (κ3) is 4.59. The van der Waals surface area contributed by atoms with Gasteiger partial charge in [-0.3, -0.25) is 15.0 Å². The molecule has 0 bridgehead atoms. The molecule has 1 fully saturated rings. The van der Waals surface area contributed by atoms with E-state index in [9.17, 15) is 9.59 Å². The summed E-state index contributed by atoms with van der Waals surface area (Å²) in [4.78, 5) is 25.6. The Balaban J connectivity index is 1.49. The molecule has 7 heteroatoms. The van der Waals surface area contributed by atoms with E-state index in [1.165, 1.54) is 0 Å². The summed E-state index contributed by atoms with van der Waals surface area (Å²) in [5.41, 5.74) is 3.81. The lowest BCUT2D eigenvalue weighted by molar-refractivity contribution is -0.123. The van der Waals surface area contributed by atoms with Crippen LogP contribution in [0.1, 0.15) is 15.9 Å². The average molecular weight is 433 g/mol. The number of thioether (sulfide) groups is 1. The summed E-state index contributed by atoms with van der Waals surface area (Å²) >= 11 is 6.42. The minimum Gasteiger partial charge on any atom is -0.457 e. The van der Waals surface area contributed by atoms with Gasteiger partial charge in [-0.05, 0) is 60.3 Å². The molecule has 1 heterocycles. The maximum absolute atomic E-state index is 12.8. The van der Waals surface area contributed by atoms with E-state index in [1.807, 2.05) is 60.7 Å². The van der Waals surface area contributed by atoms with Crippen molar-refractivity contribution < 1.29 is 14.3 Å². The van der Waals surface area contributed by atoms with Gasteiger partial charge in [0, 0.05) is 5.56 Å². The Morgan fingerprint density at radius 3 is 2.33 bits per heavy atom. The zero-order valence-corrected chi connectivity index (χ0v) is 17.3. The molecule has 0 atom stereocenters. The molecule has 1 aliphatic rings. The summed E-state index contributed by atoms with van der Waals surface area (Å²) in [6.45, 7) is 0. The molecule has 1 aliphatic heterocycles. The highest BCUT2D eigenvalue weighted by molar-refractivity contribution is 8.26. The molecule has 30 heavy (non-hydrogen) atoms. The van der Waals surface area contributed by atoms with Gasteiger partial charge in [-0.1, -0.05) is 60.3 Å². The van der Waals surface area contributed by atoms with Crippen LogP contribution in [-0.2, 0) is 4.79 Å². The molecule has 2 amide bonds. The molecule has 0 unspecified atom stereocenters. The van der Waals surface area contributed by atoms with E-state index in [2.05, 4.69) is 5.43 Å². The zero-order chi connectivity index (χ0) is 20.9. The highest BCUT2D eigenvalue weighted by atomic mass is 32.2. The van der Waals surface area contributed by atoms with Crippen LogP contribution in [0.25, 0.3) is 6.08 Å². The molecule has 3 aromatic rings. The van der Waals surface area contributed by atoms with E-state index in [0.29, 0.717) is 16.2 Å². The molecule has 4 rings (SSSR count). The number of rotatable bonds is 5. The number of nitrogens with zero attached hydrogens (tertiary/aromatic N) is 1. The maximum atomic E-state index is 12.8.